The van der Waals surface area contributed by atoms with E-state index in [0.717, 1.165) is 0 Å². The van der Waals surface area contributed by atoms with E-state index in [-0.39, 0.29) is 16.5 Å². The second kappa shape index (κ2) is 3.18. The minimum Gasteiger partial charge on any atom is -0.391 e. The molecular weight excluding hydrogens is 282 g/mol. The number of fused-ring (bicyclic) bond motifs is 2. The molecule has 1 saturated carbocycles. The topological polar surface area (TPSA) is 29.5 Å². The summed E-state index contributed by atoms with van der Waals surface area (Å²) in [5, 5.41) is 10.4. The van der Waals surface area contributed by atoms with E-state index in [1.54, 1.807) is 6.92 Å². The number of halogens is 4. The summed E-state index contributed by atoms with van der Waals surface area (Å²) < 4.78 is 5.37. The largest absolute Gasteiger partial charge is 0.391 e. The van der Waals surface area contributed by atoms with Gasteiger partial charge in [0.2, 0.25) is 0 Å². The van der Waals surface area contributed by atoms with Gasteiger partial charge in [0.05, 0.1) is 16.2 Å². The summed E-state index contributed by atoms with van der Waals surface area (Å²) in [4.78, 5) is -2.29. The second-order valence-corrected chi connectivity index (χ2v) is 6.10. The normalized spacial score (nSPS) is 54.2. The molecule has 0 amide bonds. The Hall–Kier alpha value is 0.820. The predicted octanol–water partition coefficient (Wildman–Crippen LogP) is 2.81. The molecule has 15 heavy (non-hydrogen) atoms. The molecule has 2 bridgehead atoms. The number of hydrogen-bond donors (Lipinski definition) is 1. The van der Waals surface area contributed by atoms with Crippen LogP contribution in [0.2, 0.25) is 0 Å². The van der Waals surface area contributed by atoms with Gasteiger partial charge >= 0.3 is 0 Å². The van der Waals surface area contributed by atoms with Crippen molar-refractivity contribution in [1.82, 2.24) is 0 Å². The van der Waals surface area contributed by atoms with Gasteiger partial charge in [-0.25, -0.2) is 0 Å². The number of aliphatic hydroxyl groups is 1. The summed E-state index contributed by atoms with van der Waals surface area (Å²) in [5.41, 5.74) is -1.00. The summed E-state index contributed by atoms with van der Waals surface area (Å²) in [6, 6.07) is 0. The molecule has 0 saturated heterocycles. The second-order valence-electron chi connectivity index (χ2n) is 4.10. The summed E-state index contributed by atoms with van der Waals surface area (Å²) in [5.74, 6) is 0. The number of ether oxygens (including phenoxy) is 1. The van der Waals surface area contributed by atoms with Crippen molar-refractivity contribution in [1.29, 1.82) is 0 Å². The lowest BCUT2D eigenvalue weighted by atomic mass is 9.90. The Labute approximate surface area is 108 Å². The molecule has 2 aliphatic rings. The van der Waals surface area contributed by atoms with E-state index in [1.165, 1.54) is 7.11 Å². The van der Waals surface area contributed by atoms with Gasteiger partial charge in [-0.2, -0.15) is 0 Å². The first-order valence-electron chi connectivity index (χ1n) is 4.43. The van der Waals surface area contributed by atoms with Crippen LogP contribution in [0, 0.1) is 0 Å². The molecule has 0 radical (unpaired) electrons. The molecule has 0 heterocycles. The molecule has 2 nitrogen and oxygen atoms in total. The van der Waals surface area contributed by atoms with Crippen molar-refractivity contribution in [2.75, 3.05) is 7.11 Å². The molecule has 0 aliphatic heterocycles. The lowest BCUT2D eigenvalue weighted by molar-refractivity contribution is -0.0213. The molecule has 1 N–H and O–H groups in total. The molecule has 6 heteroatoms. The maximum Gasteiger partial charge on any atom is 0.138 e. The number of aliphatic hydroxyl groups excluding tert-OH is 1. The lowest BCUT2D eigenvalue weighted by Gasteiger charge is -2.38. The van der Waals surface area contributed by atoms with E-state index in [2.05, 4.69) is 0 Å². The van der Waals surface area contributed by atoms with Crippen LogP contribution in [-0.2, 0) is 4.74 Å². The van der Waals surface area contributed by atoms with Crippen molar-refractivity contribution in [3.05, 3.63) is 10.1 Å². The average Bonchev–Trinajstić information content (AvgIpc) is 2.42. The van der Waals surface area contributed by atoms with Gasteiger partial charge in [-0.3, -0.25) is 0 Å². The van der Waals surface area contributed by atoms with Crippen LogP contribution in [0.3, 0.4) is 0 Å². The smallest absolute Gasteiger partial charge is 0.138 e. The minimum absolute atomic E-state index is 0.184. The Balaban J connectivity index is 2.69. The van der Waals surface area contributed by atoms with Crippen LogP contribution in [-0.4, -0.2) is 33.7 Å². The molecule has 2 rings (SSSR count). The van der Waals surface area contributed by atoms with E-state index < -0.39 is 21.5 Å². The molecule has 86 valence electrons. The highest BCUT2D eigenvalue weighted by molar-refractivity contribution is 6.52. The van der Waals surface area contributed by atoms with Gasteiger partial charge in [0.15, 0.2) is 0 Å². The van der Waals surface area contributed by atoms with E-state index in [1.807, 2.05) is 0 Å². The Morgan fingerprint density at radius 3 is 2.20 bits per heavy atom. The highest BCUT2D eigenvalue weighted by Crippen LogP contribution is 2.69. The Kier molecular flexibility index (Phi) is 2.61. The fourth-order valence-electron chi connectivity index (χ4n) is 2.51. The fourth-order valence-corrected chi connectivity index (χ4v) is 4.40. The van der Waals surface area contributed by atoms with E-state index >= 15 is 0 Å². The van der Waals surface area contributed by atoms with Crippen molar-refractivity contribution in [3.63, 3.8) is 0 Å². The number of hydrogen-bond acceptors (Lipinski definition) is 2. The van der Waals surface area contributed by atoms with Crippen LogP contribution in [0.15, 0.2) is 10.1 Å². The van der Waals surface area contributed by atoms with Gasteiger partial charge in [0.25, 0.3) is 0 Å². The number of methoxy groups -OCH3 is 1. The van der Waals surface area contributed by atoms with Gasteiger partial charge in [-0.1, -0.05) is 23.2 Å². The zero-order chi connectivity index (χ0) is 11.6. The van der Waals surface area contributed by atoms with E-state index in [4.69, 9.17) is 51.1 Å². The highest BCUT2D eigenvalue weighted by Gasteiger charge is 2.77. The fraction of sp³-hybridized carbons (Fsp3) is 0.778. The summed E-state index contributed by atoms with van der Waals surface area (Å²) in [6.07, 6.45) is -0.631. The Morgan fingerprint density at radius 2 is 1.87 bits per heavy atom. The van der Waals surface area contributed by atoms with Crippen molar-refractivity contribution in [3.8, 4) is 0 Å². The maximum absolute atomic E-state index is 9.93. The first-order chi connectivity index (χ1) is 6.75. The third-order valence-corrected chi connectivity index (χ3v) is 6.45. The molecule has 0 spiro atoms. The van der Waals surface area contributed by atoms with Crippen LogP contribution in [0.4, 0.5) is 0 Å². The SMILES string of the molecule is COC1(C)C2(Cl)CC(O)C1(Cl)C(Cl)=C2Cl. The van der Waals surface area contributed by atoms with Crippen molar-refractivity contribution < 1.29 is 9.84 Å². The molecule has 4 unspecified atom stereocenters. The van der Waals surface area contributed by atoms with Crippen LogP contribution in [0.25, 0.3) is 0 Å². The third kappa shape index (κ3) is 1.02. The quantitative estimate of drug-likeness (QED) is 0.753. The zero-order valence-corrected chi connectivity index (χ0v) is 11.2. The van der Waals surface area contributed by atoms with Crippen molar-refractivity contribution in [2.24, 2.45) is 0 Å². The first-order valence-corrected chi connectivity index (χ1v) is 5.94. The lowest BCUT2D eigenvalue weighted by Crippen LogP contribution is -2.53. The molecule has 1 fully saturated rings. The summed E-state index contributed by atoms with van der Waals surface area (Å²) >= 11 is 24.8. The molecule has 0 aromatic carbocycles. The monoisotopic (exact) mass is 290 g/mol. The molecule has 0 aromatic rings. The standard InChI is InChI=1S/C9H10Cl4O2/c1-7(15-2)8(12)3-4(14)9(7,13)6(11)5(8)10/h4,14H,3H2,1-2H3. The number of rotatable bonds is 1. The Morgan fingerprint density at radius 1 is 1.33 bits per heavy atom. The van der Waals surface area contributed by atoms with Gasteiger partial charge in [-0.15, -0.1) is 23.2 Å². The van der Waals surface area contributed by atoms with Crippen LogP contribution < -0.4 is 0 Å². The molecule has 4 atom stereocenters. The van der Waals surface area contributed by atoms with E-state index in [0.29, 0.717) is 0 Å². The Bertz CT molecular complexity index is 358. The predicted molar refractivity (Wildman–Crippen MR) is 61.9 cm³/mol. The zero-order valence-electron chi connectivity index (χ0n) is 8.15. The minimum atomic E-state index is -1.25. The summed E-state index contributed by atoms with van der Waals surface area (Å²) in [6.45, 7) is 1.71. The summed E-state index contributed by atoms with van der Waals surface area (Å²) in [7, 11) is 1.48. The van der Waals surface area contributed by atoms with Crippen molar-refractivity contribution in [2.45, 2.75) is 34.8 Å². The highest BCUT2D eigenvalue weighted by atomic mass is 35.5. The van der Waals surface area contributed by atoms with Crippen LogP contribution in [0.1, 0.15) is 13.3 Å². The van der Waals surface area contributed by atoms with Gasteiger partial charge in [0, 0.05) is 13.5 Å². The third-order valence-electron chi connectivity index (χ3n) is 3.65. The van der Waals surface area contributed by atoms with Gasteiger partial charge in [0.1, 0.15) is 15.3 Å². The molecule has 0 aromatic heterocycles. The van der Waals surface area contributed by atoms with Gasteiger partial charge in [-0.05, 0) is 6.92 Å². The van der Waals surface area contributed by atoms with Gasteiger partial charge < -0.3 is 9.84 Å². The first kappa shape index (κ1) is 12.3. The van der Waals surface area contributed by atoms with Crippen LogP contribution in [0.5, 0.6) is 0 Å². The van der Waals surface area contributed by atoms with Crippen molar-refractivity contribution >= 4 is 46.4 Å². The molecule has 2 aliphatic carbocycles. The van der Waals surface area contributed by atoms with Crippen LogP contribution >= 0.6 is 46.4 Å². The maximum atomic E-state index is 9.93. The number of alkyl halides is 2. The molecular formula is C9H10Cl4O2. The van der Waals surface area contributed by atoms with E-state index in [9.17, 15) is 5.11 Å². The average molecular weight is 292 g/mol.